The van der Waals surface area contributed by atoms with Gasteiger partial charge in [0.1, 0.15) is 12.7 Å². The summed E-state index contributed by atoms with van der Waals surface area (Å²) in [5.74, 6) is -0.945. The van der Waals surface area contributed by atoms with E-state index >= 15 is 0 Å². The maximum absolute atomic E-state index is 13.0. The van der Waals surface area contributed by atoms with E-state index in [0.29, 0.717) is 39.3 Å². The van der Waals surface area contributed by atoms with E-state index in [-0.39, 0.29) is 30.7 Å². The summed E-state index contributed by atoms with van der Waals surface area (Å²) in [4.78, 5) is 43.7. The van der Waals surface area contributed by atoms with Gasteiger partial charge in [-0.05, 0) is 42.1 Å². The van der Waals surface area contributed by atoms with E-state index in [4.69, 9.17) is 11.6 Å². The van der Waals surface area contributed by atoms with Crippen molar-refractivity contribution >= 4 is 45.8 Å². The Hall–Kier alpha value is -4.04. The van der Waals surface area contributed by atoms with Crippen molar-refractivity contribution in [2.45, 2.75) is 12.8 Å². The second-order valence-electron chi connectivity index (χ2n) is 7.62. The molecule has 8 nitrogen and oxygen atoms in total. The number of nitrogens with zero attached hydrogens (tertiary/aromatic N) is 4. The van der Waals surface area contributed by atoms with Crippen LogP contribution in [0.2, 0.25) is 5.02 Å². The van der Waals surface area contributed by atoms with Crippen LogP contribution in [-0.4, -0.2) is 43.9 Å². The third-order valence-electron chi connectivity index (χ3n) is 5.54. The third kappa shape index (κ3) is 3.85. The van der Waals surface area contributed by atoms with Crippen molar-refractivity contribution in [1.29, 1.82) is 0 Å². The van der Waals surface area contributed by atoms with Gasteiger partial charge in [-0.15, -0.1) is 0 Å². The minimum Gasteiger partial charge on any atom is -0.324 e. The molecular weight excluding hydrogens is 442 g/mol. The quantitative estimate of drug-likeness (QED) is 0.438. The lowest BCUT2D eigenvalue weighted by Crippen LogP contribution is -2.41. The lowest BCUT2D eigenvalue weighted by molar-refractivity contribution is -0.116. The molecule has 0 unspecified atom stereocenters. The molecule has 2 heterocycles. The maximum atomic E-state index is 13.0. The highest BCUT2D eigenvalue weighted by atomic mass is 35.5. The number of anilines is 1. The fourth-order valence-electron chi connectivity index (χ4n) is 4.03. The largest absolute Gasteiger partial charge is 0.324 e. The zero-order valence-corrected chi connectivity index (χ0v) is 18.1. The van der Waals surface area contributed by atoms with E-state index in [1.165, 1.54) is 22.2 Å². The Morgan fingerprint density at radius 3 is 2.39 bits per heavy atom. The van der Waals surface area contributed by atoms with E-state index in [1.54, 1.807) is 42.5 Å². The Balaban J connectivity index is 1.27. The van der Waals surface area contributed by atoms with Gasteiger partial charge in [0.15, 0.2) is 0 Å². The van der Waals surface area contributed by atoms with Gasteiger partial charge >= 0.3 is 0 Å². The van der Waals surface area contributed by atoms with Crippen LogP contribution in [0.5, 0.6) is 0 Å². The summed E-state index contributed by atoms with van der Waals surface area (Å²) < 4.78 is 1.52. The van der Waals surface area contributed by atoms with Gasteiger partial charge in [-0.1, -0.05) is 35.9 Å². The zero-order valence-electron chi connectivity index (χ0n) is 17.4. The first-order valence-electron chi connectivity index (χ1n) is 10.4. The number of benzene rings is 3. The molecule has 3 amide bonds. The molecule has 33 heavy (non-hydrogen) atoms. The molecule has 164 valence electrons. The van der Waals surface area contributed by atoms with Crippen molar-refractivity contribution in [3.8, 4) is 5.69 Å². The van der Waals surface area contributed by atoms with Crippen molar-refractivity contribution in [2.24, 2.45) is 0 Å². The van der Waals surface area contributed by atoms with Gasteiger partial charge in [0.2, 0.25) is 5.91 Å². The van der Waals surface area contributed by atoms with E-state index in [9.17, 15) is 14.4 Å². The predicted octanol–water partition coefficient (Wildman–Crippen LogP) is 4.09. The van der Waals surface area contributed by atoms with Crippen LogP contribution in [0.1, 0.15) is 33.6 Å². The molecular formula is C24H18ClN5O3. The summed E-state index contributed by atoms with van der Waals surface area (Å²) in [7, 11) is 0. The van der Waals surface area contributed by atoms with Crippen LogP contribution >= 0.6 is 11.6 Å². The number of carbonyl (C=O) groups is 3. The lowest BCUT2D eigenvalue weighted by Gasteiger charge is -2.27. The molecule has 0 radical (unpaired) electrons. The highest BCUT2D eigenvalue weighted by molar-refractivity contribution is 6.31. The van der Waals surface area contributed by atoms with Crippen LogP contribution in [0, 0.1) is 0 Å². The second kappa shape index (κ2) is 8.48. The van der Waals surface area contributed by atoms with Crippen LogP contribution in [-0.2, 0) is 4.79 Å². The zero-order chi connectivity index (χ0) is 22.9. The fraction of sp³-hybridized carbons (Fsp3) is 0.125. The predicted molar refractivity (Wildman–Crippen MR) is 124 cm³/mol. The fourth-order valence-corrected chi connectivity index (χ4v) is 4.21. The van der Waals surface area contributed by atoms with Crippen LogP contribution in [0.25, 0.3) is 16.5 Å². The number of carbonyl (C=O) groups excluding carboxylic acids is 3. The molecule has 0 atom stereocenters. The molecule has 0 bridgehead atoms. The van der Waals surface area contributed by atoms with E-state index in [1.807, 2.05) is 12.1 Å². The number of rotatable bonds is 6. The number of amides is 3. The molecule has 0 fully saturated rings. The summed E-state index contributed by atoms with van der Waals surface area (Å²) in [6.07, 6.45) is 3.35. The topological polar surface area (TPSA) is 97.2 Å². The number of imide groups is 1. The second-order valence-corrected chi connectivity index (χ2v) is 8.06. The van der Waals surface area contributed by atoms with Gasteiger partial charge in [0.25, 0.3) is 11.8 Å². The molecule has 0 spiro atoms. The number of nitrogens with one attached hydrogen (secondary N) is 1. The Morgan fingerprint density at radius 2 is 1.73 bits per heavy atom. The summed E-state index contributed by atoms with van der Waals surface area (Å²) in [5.41, 5.74) is 2.12. The first-order chi connectivity index (χ1) is 16.0. The third-order valence-corrected chi connectivity index (χ3v) is 5.77. The molecule has 1 N–H and O–H groups in total. The average molecular weight is 460 g/mol. The number of hydrogen-bond acceptors (Lipinski definition) is 5. The van der Waals surface area contributed by atoms with Crippen LogP contribution in [0.4, 0.5) is 5.69 Å². The van der Waals surface area contributed by atoms with Crippen molar-refractivity contribution in [3.63, 3.8) is 0 Å². The normalized spacial score (nSPS) is 12.9. The van der Waals surface area contributed by atoms with Gasteiger partial charge in [-0.25, -0.2) is 9.67 Å². The Bertz CT molecular complexity index is 1350. The van der Waals surface area contributed by atoms with Gasteiger partial charge in [0, 0.05) is 34.5 Å². The molecule has 1 aliphatic rings. The molecule has 3 aromatic carbocycles. The molecule has 1 aliphatic heterocycles. The first kappa shape index (κ1) is 20.8. The van der Waals surface area contributed by atoms with Gasteiger partial charge in [0.05, 0.1) is 11.4 Å². The Morgan fingerprint density at radius 1 is 1.00 bits per heavy atom. The van der Waals surface area contributed by atoms with Crippen LogP contribution in [0.3, 0.4) is 0 Å². The van der Waals surface area contributed by atoms with Crippen molar-refractivity contribution in [3.05, 3.63) is 83.4 Å². The maximum Gasteiger partial charge on any atom is 0.261 e. The van der Waals surface area contributed by atoms with E-state index in [0.717, 1.165) is 5.39 Å². The Labute approximate surface area is 193 Å². The monoisotopic (exact) mass is 459 g/mol. The minimum absolute atomic E-state index is 0.117. The molecule has 5 rings (SSSR count). The molecule has 0 aliphatic carbocycles. The van der Waals surface area contributed by atoms with E-state index in [2.05, 4.69) is 15.4 Å². The molecule has 0 saturated carbocycles. The average Bonchev–Trinajstić information content (AvgIpc) is 3.34. The van der Waals surface area contributed by atoms with Crippen molar-refractivity contribution in [1.82, 2.24) is 19.7 Å². The highest BCUT2D eigenvalue weighted by Crippen LogP contribution is 2.30. The lowest BCUT2D eigenvalue weighted by atomic mass is 9.94. The van der Waals surface area contributed by atoms with Crippen LogP contribution in [0.15, 0.2) is 67.3 Å². The number of hydrogen-bond donors (Lipinski definition) is 1. The van der Waals surface area contributed by atoms with Crippen LogP contribution < -0.4 is 5.32 Å². The van der Waals surface area contributed by atoms with Gasteiger partial charge in [-0.2, -0.15) is 5.10 Å². The van der Waals surface area contributed by atoms with Gasteiger partial charge in [-0.3, -0.25) is 19.3 Å². The number of aromatic nitrogens is 3. The SMILES string of the molecule is O=C(CCCN1C(=O)c2cccc3cccc(c23)C1=O)Nc1cc(Cl)ccc1-n1cncn1. The molecule has 0 saturated heterocycles. The summed E-state index contributed by atoms with van der Waals surface area (Å²) >= 11 is 6.10. The molecule has 1 aromatic heterocycles. The Kier molecular flexibility index (Phi) is 5.35. The van der Waals surface area contributed by atoms with Crippen molar-refractivity contribution < 1.29 is 14.4 Å². The summed E-state index contributed by atoms with van der Waals surface area (Å²) in [5, 5.41) is 8.93. The summed E-state index contributed by atoms with van der Waals surface area (Å²) in [6, 6.07) is 15.9. The van der Waals surface area contributed by atoms with Gasteiger partial charge < -0.3 is 5.32 Å². The van der Waals surface area contributed by atoms with Crippen molar-refractivity contribution in [2.75, 3.05) is 11.9 Å². The van der Waals surface area contributed by atoms with E-state index < -0.39 is 0 Å². The summed E-state index contributed by atoms with van der Waals surface area (Å²) in [6.45, 7) is 0.140. The minimum atomic E-state index is -0.340. The molecule has 4 aromatic rings. The molecule has 9 heteroatoms. The number of halogens is 1. The standard InChI is InChI=1S/C24H18ClN5O3/c25-16-9-10-20(30-14-26-13-27-30)19(12-16)28-21(31)8-3-11-29-23(32)17-6-1-4-15-5-2-7-18(22(15)17)24(29)33/h1-2,4-7,9-10,12-14H,3,8,11H2,(H,28,31). The smallest absolute Gasteiger partial charge is 0.261 e. The highest BCUT2D eigenvalue weighted by Gasteiger charge is 2.32. The first-order valence-corrected chi connectivity index (χ1v) is 10.7.